The van der Waals surface area contributed by atoms with Gasteiger partial charge in [0.15, 0.2) is 5.11 Å². The van der Waals surface area contributed by atoms with Gasteiger partial charge in [-0.1, -0.05) is 12.1 Å². The number of halogens is 3. The van der Waals surface area contributed by atoms with Crippen LogP contribution in [0.15, 0.2) is 85.2 Å². The SMILES string of the molecule is COc1cc(N2C(=S)N[C@H](c3ccccn3)[C@H]2c2cccn2-c2cccc(C(F)(F)F)c2)ccc1NS(C)(=O)=O. The molecule has 0 bridgehead atoms. The fraction of sp³-hybridized carbons (Fsp3) is 0.185. The molecule has 8 nitrogen and oxygen atoms in total. The molecule has 2 aromatic carbocycles. The summed E-state index contributed by atoms with van der Waals surface area (Å²) in [5, 5.41) is 3.66. The Morgan fingerprint density at radius 3 is 2.50 bits per heavy atom. The summed E-state index contributed by atoms with van der Waals surface area (Å²) in [4.78, 5) is 6.33. The van der Waals surface area contributed by atoms with Crippen LogP contribution in [0.25, 0.3) is 5.69 Å². The predicted molar refractivity (Wildman–Crippen MR) is 150 cm³/mol. The van der Waals surface area contributed by atoms with Crippen molar-refractivity contribution >= 4 is 38.7 Å². The number of thiocarbonyl (C=S) groups is 1. The van der Waals surface area contributed by atoms with Gasteiger partial charge >= 0.3 is 6.18 Å². The molecule has 2 aromatic heterocycles. The molecule has 1 saturated heterocycles. The second kappa shape index (κ2) is 10.5. The number of anilines is 2. The third-order valence-corrected chi connectivity index (χ3v) is 7.30. The molecule has 0 amide bonds. The monoisotopic (exact) mass is 587 g/mol. The van der Waals surface area contributed by atoms with Crippen molar-refractivity contribution in [2.45, 2.75) is 18.3 Å². The van der Waals surface area contributed by atoms with Crippen LogP contribution < -0.4 is 19.7 Å². The average molecular weight is 588 g/mol. The van der Waals surface area contributed by atoms with Gasteiger partial charge in [0.1, 0.15) is 11.8 Å². The Hall–Kier alpha value is -4.10. The third kappa shape index (κ3) is 5.47. The molecule has 1 aliphatic rings. The van der Waals surface area contributed by atoms with Crippen molar-refractivity contribution in [2.24, 2.45) is 0 Å². The number of nitrogens with one attached hydrogen (secondary N) is 2. The van der Waals surface area contributed by atoms with E-state index in [4.69, 9.17) is 17.0 Å². The fourth-order valence-electron chi connectivity index (χ4n) is 4.75. The molecule has 5 rings (SSSR count). The summed E-state index contributed by atoms with van der Waals surface area (Å²) in [6, 6.07) is 18.0. The molecule has 40 heavy (non-hydrogen) atoms. The zero-order valence-corrected chi connectivity index (χ0v) is 22.9. The van der Waals surface area contributed by atoms with Crippen molar-refractivity contribution in [1.82, 2.24) is 14.9 Å². The lowest BCUT2D eigenvalue weighted by Crippen LogP contribution is -2.30. The van der Waals surface area contributed by atoms with E-state index in [0.29, 0.717) is 27.9 Å². The largest absolute Gasteiger partial charge is 0.494 e. The Balaban J connectivity index is 1.65. The van der Waals surface area contributed by atoms with Gasteiger partial charge in [-0.3, -0.25) is 9.71 Å². The predicted octanol–water partition coefficient (Wildman–Crippen LogP) is 5.45. The second-order valence-electron chi connectivity index (χ2n) is 9.11. The maximum atomic E-state index is 13.5. The van der Waals surface area contributed by atoms with Gasteiger partial charge in [-0.2, -0.15) is 13.2 Å². The Bertz CT molecular complexity index is 1660. The first-order valence-corrected chi connectivity index (χ1v) is 14.3. The quantitative estimate of drug-likeness (QED) is 0.278. The third-order valence-electron chi connectivity index (χ3n) is 6.39. The Labute approximate surface area is 234 Å². The van der Waals surface area contributed by atoms with Gasteiger partial charge in [0.05, 0.1) is 36.4 Å². The van der Waals surface area contributed by atoms with Crippen LogP contribution in [0.5, 0.6) is 5.75 Å². The van der Waals surface area contributed by atoms with Crippen LogP contribution in [0.4, 0.5) is 24.5 Å². The fourth-order valence-corrected chi connectivity index (χ4v) is 5.66. The van der Waals surface area contributed by atoms with E-state index < -0.39 is 33.8 Å². The minimum atomic E-state index is -4.50. The van der Waals surface area contributed by atoms with E-state index >= 15 is 0 Å². The summed E-state index contributed by atoms with van der Waals surface area (Å²) in [7, 11) is -2.15. The molecular formula is C27H24F3N5O3S2. The number of rotatable bonds is 7. The van der Waals surface area contributed by atoms with E-state index in [1.807, 2.05) is 23.1 Å². The van der Waals surface area contributed by atoms with Crippen LogP contribution in [0, 0.1) is 0 Å². The van der Waals surface area contributed by atoms with Crippen LogP contribution >= 0.6 is 12.2 Å². The zero-order chi connectivity index (χ0) is 28.7. The maximum absolute atomic E-state index is 13.5. The van der Waals surface area contributed by atoms with Gasteiger partial charge in [-0.15, -0.1) is 0 Å². The molecule has 2 atom stereocenters. The number of aromatic nitrogens is 2. The molecule has 1 aliphatic heterocycles. The number of methoxy groups -OCH3 is 1. The number of nitrogens with zero attached hydrogens (tertiary/aromatic N) is 3. The van der Waals surface area contributed by atoms with E-state index in [0.717, 1.165) is 18.4 Å². The average Bonchev–Trinajstić information content (AvgIpc) is 3.52. The first kappa shape index (κ1) is 27.5. The molecule has 0 aliphatic carbocycles. The topological polar surface area (TPSA) is 88.5 Å². The van der Waals surface area contributed by atoms with Gasteiger partial charge < -0.3 is 19.5 Å². The summed E-state index contributed by atoms with van der Waals surface area (Å²) in [6.45, 7) is 0. The van der Waals surface area contributed by atoms with E-state index in [-0.39, 0.29) is 11.4 Å². The smallest absolute Gasteiger partial charge is 0.416 e. The van der Waals surface area contributed by atoms with Crippen molar-refractivity contribution in [1.29, 1.82) is 0 Å². The lowest BCUT2D eigenvalue weighted by atomic mass is 10.0. The van der Waals surface area contributed by atoms with Crippen LogP contribution in [0.3, 0.4) is 0 Å². The second-order valence-corrected chi connectivity index (χ2v) is 11.2. The van der Waals surface area contributed by atoms with Crippen LogP contribution in [0.2, 0.25) is 0 Å². The van der Waals surface area contributed by atoms with Gasteiger partial charge in [0.25, 0.3) is 0 Å². The van der Waals surface area contributed by atoms with Crippen molar-refractivity contribution in [2.75, 3.05) is 23.0 Å². The molecule has 0 unspecified atom stereocenters. The van der Waals surface area contributed by atoms with Gasteiger partial charge in [-0.25, -0.2) is 8.42 Å². The van der Waals surface area contributed by atoms with Crippen molar-refractivity contribution in [3.8, 4) is 11.4 Å². The molecular weight excluding hydrogens is 563 g/mol. The summed E-state index contributed by atoms with van der Waals surface area (Å²) >= 11 is 5.76. The lowest BCUT2D eigenvalue weighted by Gasteiger charge is -2.29. The van der Waals surface area contributed by atoms with Gasteiger partial charge in [0, 0.05) is 35.5 Å². The van der Waals surface area contributed by atoms with E-state index in [9.17, 15) is 21.6 Å². The highest BCUT2D eigenvalue weighted by Gasteiger charge is 2.42. The number of ether oxygens (including phenoxy) is 1. The van der Waals surface area contributed by atoms with Gasteiger partial charge in [0.2, 0.25) is 10.0 Å². The zero-order valence-electron chi connectivity index (χ0n) is 21.3. The number of benzene rings is 2. The molecule has 0 spiro atoms. The molecule has 1 fully saturated rings. The number of hydrogen-bond acceptors (Lipinski definition) is 5. The highest BCUT2D eigenvalue weighted by molar-refractivity contribution is 7.92. The first-order valence-electron chi connectivity index (χ1n) is 12.0. The van der Waals surface area contributed by atoms with E-state index in [2.05, 4.69) is 15.0 Å². The van der Waals surface area contributed by atoms with Crippen molar-refractivity contribution < 1.29 is 26.3 Å². The van der Waals surface area contributed by atoms with E-state index in [1.54, 1.807) is 53.4 Å². The standard InChI is InChI=1S/C27H24F3N5O3S2/c1-38-23-16-19(11-12-20(23)33-40(2,36)37)35-25(24(32-26(35)39)21-9-3-4-13-31-21)22-10-6-14-34(22)18-8-5-7-17(15-18)27(28,29)30/h3-16,24-25,33H,1-2H3,(H,32,39)/t24-,25-/m1/s1. The summed E-state index contributed by atoms with van der Waals surface area (Å²) < 4.78 is 73.8. The highest BCUT2D eigenvalue weighted by Crippen LogP contribution is 2.44. The molecule has 2 N–H and O–H groups in total. The van der Waals surface area contributed by atoms with E-state index in [1.165, 1.54) is 13.2 Å². The Morgan fingerprint density at radius 2 is 1.82 bits per heavy atom. The Morgan fingerprint density at radius 1 is 1.02 bits per heavy atom. The molecule has 208 valence electrons. The van der Waals surface area contributed by atoms with Crippen molar-refractivity contribution in [3.05, 3.63) is 102 Å². The molecule has 4 aromatic rings. The number of sulfonamides is 1. The molecule has 3 heterocycles. The minimum Gasteiger partial charge on any atom is -0.494 e. The summed E-state index contributed by atoms with van der Waals surface area (Å²) in [6.07, 6.45) is -0.115. The molecule has 13 heteroatoms. The first-order chi connectivity index (χ1) is 19.0. The normalized spacial score (nSPS) is 17.5. The number of pyridine rings is 1. The molecule has 0 radical (unpaired) electrons. The van der Waals surface area contributed by atoms with Crippen LogP contribution in [-0.4, -0.2) is 36.4 Å². The summed E-state index contributed by atoms with van der Waals surface area (Å²) in [5.41, 5.74) is 1.72. The number of hydrogen-bond donors (Lipinski definition) is 2. The highest BCUT2D eigenvalue weighted by atomic mass is 32.2. The van der Waals surface area contributed by atoms with Gasteiger partial charge in [-0.05, 0) is 66.8 Å². The Kier molecular flexibility index (Phi) is 7.19. The van der Waals surface area contributed by atoms with Crippen molar-refractivity contribution in [3.63, 3.8) is 0 Å². The maximum Gasteiger partial charge on any atom is 0.416 e. The summed E-state index contributed by atoms with van der Waals surface area (Å²) in [5.74, 6) is 0.263. The molecule has 0 saturated carbocycles. The van der Waals surface area contributed by atoms with Crippen LogP contribution in [0.1, 0.15) is 29.0 Å². The number of alkyl halides is 3. The lowest BCUT2D eigenvalue weighted by molar-refractivity contribution is -0.137. The minimum absolute atomic E-state index is 0.247. The van der Waals surface area contributed by atoms with Crippen LogP contribution in [-0.2, 0) is 16.2 Å².